The predicted molar refractivity (Wildman–Crippen MR) is 176 cm³/mol. The lowest BCUT2D eigenvalue weighted by molar-refractivity contribution is 0.295. The van der Waals surface area contributed by atoms with Crippen molar-refractivity contribution in [3.05, 3.63) is 154 Å². The molecule has 2 fully saturated rings. The predicted octanol–water partition coefficient (Wildman–Crippen LogP) is 9.01. The number of hydrogen-bond acceptors (Lipinski definition) is 2. The van der Waals surface area contributed by atoms with Crippen LogP contribution in [0.1, 0.15) is 84.8 Å². The normalized spacial score (nSPS) is 26.6. The van der Waals surface area contributed by atoms with E-state index in [0.717, 1.165) is 0 Å². The van der Waals surface area contributed by atoms with Gasteiger partial charge in [0, 0.05) is 34.7 Å². The Morgan fingerprint density at radius 2 is 1.14 bits per heavy atom. The van der Waals surface area contributed by atoms with Crippen LogP contribution in [0.5, 0.6) is 0 Å². The second-order valence-corrected chi connectivity index (χ2v) is 14.2. The van der Waals surface area contributed by atoms with Gasteiger partial charge in [0.2, 0.25) is 0 Å². The van der Waals surface area contributed by atoms with E-state index in [2.05, 4.69) is 154 Å². The van der Waals surface area contributed by atoms with E-state index in [4.69, 9.17) is 0 Å². The third-order valence-corrected chi connectivity index (χ3v) is 11.2. The van der Waals surface area contributed by atoms with Crippen LogP contribution in [-0.4, -0.2) is 6.04 Å². The maximum absolute atomic E-state index is 4.13. The Morgan fingerprint density at radius 3 is 1.91 bits per heavy atom. The summed E-state index contributed by atoms with van der Waals surface area (Å²) in [6.45, 7) is 9.65. The fraction of sp³-hybridized carbons (Fsp3) is 0.268. The monoisotopic (exact) mass is 558 g/mol. The first-order chi connectivity index (χ1) is 20.9. The molecule has 2 N–H and O–H groups in total. The number of benzene rings is 5. The van der Waals surface area contributed by atoms with Crippen molar-refractivity contribution in [2.75, 3.05) is 0 Å². The van der Waals surface area contributed by atoms with Crippen molar-refractivity contribution in [1.82, 2.24) is 10.6 Å². The third-order valence-electron chi connectivity index (χ3n) is 11.2. The second-order valence-electron chi connectivity index (χ2n) is 14.2. The quantitative estimate of drug-likeness (QED) is 0.231. The van der Waals surface area contributed by atoms with Gasteiger partial charge in [0.15, 0.2) is 0 Å². The van der Waals surface area contributed by atoms with Crippen LogP contribution in [0.15, 0.2) is 115 Å². The molecule has 2 heteroatoms. The van der Waals surface area contributed by atoms with Crippen LogP contribution in [-0.2, 0) is 10.8 Å². The summed E-state index contributed by atoms with van der Waals surface area (Å²) in [7, 11) is 0. The number of hydrogen-bond donors (Lipinski definition) is 2. The van der Waals surface area contributed by atoms with Gasteiger partial charge in [-0.3, -0.25) is 10.6 Å². The molecule has 1 saturated carbocycles. The summed E-state index contributed by atoms with van der Waals surface area (Å²) in [4.78, 5) is 0. The highest BCUT2D eigenvalue weighted by molar-refractivity contribution is 5.90. The van der Waals surface area contributed by atoms with Gasteiger partial charge in [-0.1, -0.05) is 137 Å². The average Bonchev–Trinajstić information content (AvgIpc) is 3.67. The van der Waals surface area contributed by atoms with E-state index in [0.29, 0.717) is 23.9 Å². The second kappa shape index (κ2) is 8.78. The van der Waals surface area contributed by atoms with Crippen molar-refractivity contribution in [2.45, 2.75) is 62.7 Å². The summed E-state index contributed by atoms with van der Waals surface area (Å²) in [6.07, 6.45) is 0.0766. The Labute approximate surface area is 255 Å². The van der Waals surface area contributed by atoms with Crippen molar-refractivity contribution in [1.29, 1.82) is 0 Å². The fourth-order valence-electron chi connectivity index (χ4n) is 9.11. The summed E-state index contributed by atoms with van der Waals surface area (Å²) in [5.74, 6) is 1.05. The van der Waals surface area contributed by atoms with Crippen LogP contribution in [0.25, 0.3) is 22.3 Å². The minimum atomic E-state index is -0.105. The zero-order chi connectivity index (χ0) is 29.1. The minimum Gasteiger partial charge on any atom is -0.294 e. The lowest BCUT2D eigenvalue weighted by Crippen LogP contribution is -2.45. The first kappa shape index (κ1) is 25.5. The summed E-state index contributed by atoms with van der Waals surface area (Å²) in [6, 6.07) is 44.0. The molecule has 0 spiro atoms. The topological polar surface area (TPSA) is 24.1 Å². The summed E-state index contributed by atoms with van der Waals surface area (Å²) >= 11 is 0. The molecule has 4 aliphatic rings. The average molecular weight is 559 g/mol. The first-order valence-electron chi connectivity index (χ1n) is 15.9. The molecule has 43 heavy (non-hydrogen) atoms. The van der Waals surface area contributed by atoms with Gasteiger partial charge in [-0.05, 0) is 67.3 Å². The molecule has 2 nitrogen and oxygen atoms in total. The van der Waals surface area contributed by atoms with Crippen molar-refractivity contribution in [2.24, 2.45) is 5.92 Å². The lowest BCUT2D eigenvalue weighted by Gasteiger charge is -2.35. The van der Waals surface area contributed by atoms with Gasteiger partial charge >= 0.3 is 0 Å². The third kappa shape index (κ3) is 3.48. The molecular weight excluding hydrogens is 520 g/mol. The van der Waals surface area contributed by atoms with Gasteiger partial charge in [0.05, 0.1) is 6.17 Å². The van der Waals surface area contributed by atoms with Crippen LogP contribution in [0.3, 0.4) is 0 Å². The molecule has 0 bridgehead atoms. The van der Waals surface area contributed by atoms with E-state index >= 15 is 0 Å². The molecule has 5 aromatic carbocycles. The van der Waals surface area contributed by atoms with Gasteiger partial charge in [-0.25, -0.2) is 0 Å². The molecule has 0 amide bonds. The number of rotatable bonds is 3. The molecule has 212 valence electrons. The van der Waals surface area contributed by atoms with Crippen LogP contribution in [0.4, 0.5) is 0 Å². The largest absolute Gasteiger partial charge is 0.294 e. The molecule has 5 atom stereocenters. The minimum absolute atomic E-state index is 0.00252. The molecule has 9 rings (SSSR count). The molecule has 1 heterocycles. The maximum Gasteiger partial charge on any atom is 0.0846 e. The van der Waals surface area contributed by atoms with Gasteiger partial charge in [-0.15, -0.1) is 0 Å². The van der Waals surface area contributed by atoms with Crippen molar-refractivity contribution < 1.29 is 0 Å². The van der Waals surface area contributed by atoms with Crippen LogP contribution < -0.4 is 10.6 Å². The van der Waals surface area contributed by atoms with E-state index < -0.39 is 0 Å². The highest BCUT2D eigenvalue weighted by Crippen LogP contribution is 2.60. The Balaban J connectivity index is 1.16. The number of nitrogens with one attached hydrogen (secondary N) is 2. The zero-order valence-electron chi connectivity index (χ0n) is 25.4. The molecule has 0 aromatic heterocycles. The van der Waals surface area contributed by atoms with Gasteiger partial charge in [0.25, 0.3) is 0 Å². The van der Waals surface area contributed by atoms with Gasteiger partial charge in [0.1, 0.15) is 0 Å². The fourth-order valence-corrected chi connectivity index (χ4v) is 9.11. The van der Waals surface area contributed by atoms with Crippen LogP contribution in [0, 0.1) is 5.92 Å². The first-order valence-corrected chi connectivity index (χ1v) is 15.9. The number of fused-ring (bicyclic) bond motifs is 7. The summed E-state index contributed by atoms with van der Waals surface area (Å²) in [5, 5.41) is 8.24. The molecule has 5 unspecified atom stereocenters. The molecular formula is C41H38N2. The van der Waals surface area contributed by atoms with E-state index in [1.54, 1.807) is 0 Å². The maximum atomic E-state index is 4.13. The van der Waals surface area contributed by atoms with E-state index in [-0.39, 0.29) is 17.0 Å². The van der Waals surface area contributed by atoms with E-state index in [1.165, 1.54) is 61.2 Å². The smallest absolute Gasteiger partial charge is 0.0846 e. The lowest BCUT2D eigenvalue weighted by atomic mass is 9.76. The van der Waals surface area contributed by atoms with Gasteiger partial charge < -0.3 is 0 Å². The molecule has 3 aliphatic carbocycles. The van der Waals surface area contributed by atoms with Gasteiger partial charge in [-0.2, -0.15) is 0 Å². The van der Waals surface area contributed by atoms with Crippen molar-refractivity contribution in [3.8, 4) is 22.3 Å². The molecule has 0 radical (unpaired) electrons. The summed E-state index contributed by atoms with van der Waals surface area (Å²) < 4.78 is 0. The van der Waals surface area contributed by atoms with Crippen molar-refractivity contribution in [3.63, 3.8) is 0 Å². The Bertz CT molecular complexity index is 1900. The Hall–Kier alpha value is -3.98. The standard InChI is InChI=1S/C41H38N2/c1-40(2)31-21-12-11-18-26(31)29-22-30-27-19-13-20-28(36(27)41(3,4)33(30)23-32(29)40)39-42-37(25-16-9-6-10-17-25)35-34(38(35)43-39)24-14-7-5-8-15-24/h5-23,34-35,37-39,42-43H,1-4H3. The zero-order valence-corrected chi connectivity index (χ0v) is 25.4. The Kier molecular flexibility index (Phi) is 5.21. The van der Waals surface area contributed by atoms with Crippen LogP contribution >= 0.6 is 0 Å². The van der Waals surface area contributed by atoms with Crippen LogP contribution in [0.2, 0.25) is 0 Å². The van der Waals surface area contributed by atoms with Crippen molar-refractivity contribution >= 4 is 0 Å². The highest BCUT2D eigenvalue weighted by atomic mass is 15.2. The molecule has 5 aromatic rings. The van der Waals surface area contributed by atoms with E-state index in [9.17, 15) is 0 Å². The molecule has 1 saturated heterocycles. The van der Waals surface area contributed by atoms with E-state index in [1.807, 2.05) is 0 Å². The Morgan fingerprint density at radius 1 is 0.512 bits per heavy atom. The SMILES string of the molecule is CC1(C)c2ccccc2-c2cc3c(cc21)C(C)(C)c1c-3cccc1C1NC(c2ccccc2)C2C(N1)C2c1ccccc1. The highest BCUT2D eigenvalue weighted by Gasteiger charge is 2.59. The molecule has 1 aliphatic heterocycles. The summed E-state index contributed by atoms with van der Waals surface area (Å²) in [5.41, 5.74) is 15.5.